The number of hydrogen-bond acceptors (Lipinski definition) is 3. The third-order valence-corrected chi connectivity index (χ3v) is 12.2. The van der Waals surface area contributed by atoms with Gasteiger partial charge in [-0.3, -0.25) is 0 Å². The van der Waals surface area contributed by atoms with E-state index in [9.17, 15) is 9.32 Å². The predicted molar refractivity (Wildman–Crippen MR) is 117 cm³/mol. The van der Waals surface area contributed by atoms with Crippen LogP contribution in [0.15, 0.2) is 115 Å². The fraction of sp³-hybridized carbons (Fsp3) is 0. The van der Waals surface area contributed by atoms with Crippen LogP contribution in [0.25, 0.3) is 0 Å². The molecule has 0 unspecified atom stereocenters. The Morgan fingerprint density at radius 2 is 0.867 bits per heavy atom. The van der Waals surface area contributed by atoms with Gasteiger partial charge in [-0.1, -0.05) is 0 Å². The summed E-state index contributed by atoms with van der Waals surface area (Å²) in [6.07, 6.45) is 0. The van der Waals surface area contributed by atoms with Crippen molar-refractivity contribution in [3.05, 3.63) is 120 Å². The molecule has 0 radical (unpaired) electrons. The standard InChI is InChI=1S/C24H19Cl2O3P/c25-20-16-18-24(19-17-20)30(29-26(27)28,21-10-4-1-5-11-21,22-12-6-2-7-13-22)23-14-8-3-9-15-23/h1-19H. The van der Waals surface area contributed by atoms with Gasteiger partial charge < -0.3 is 0 Å². The molecule has 0 atom stereocenters. The van der Waals surface area contributed by atoms with E-state index in [0.29, 0.717) is 5.02 Å². The zero-order chi connectivity index (χ0) is 21.1. The van der Waals surface area contributed by atoms with E-state index in [1.54, 1.807) is 12.1 Å². The SMILES string of the molecule is [O-][Cl+2]([O-])OP(c1ccccc1)(c1ccccc1)(c1ccccc1)c1ccc(Cl)cc1. The van der Waals surface area contributed by atoms with Crippen molar-refractivity contribution in [2.24, 2.45) is 0 Å². The van der Waals surface area contributed by atoms with Gasteiger partial charge in [0.2, 0.25) is 0 Å². The summed E-state index contributed by atoms with van der Waals surface area (Å²) < 4.78 is 30.8. The summed E-state index contributed by atoms with van der Waals surface area (Å²) in [6, 6.07) is 35.9. The van der Waals surface area contributed by atoms with Crippen LogP contribution < -0.4 is 30.5 Å². The molecule has 6 heteroatoms. The average molecular weight is 457 g/mol. The van der Waals surface area contributed by atoms with E-state index in [1.807, 2.05) is 103 Å². The maximum absolute atomic E-state index is 12.3. The van der Waals surface area contributed by atoms with E-state index in [2.05, 4.69) is 0 Å². The molecule has 0 aromatic heterocycles. The van der Waals surface area contributed by atoms with Crippen molar-refractivity contribution in [1.29, 1.82) is 0 Å². The molecular weight excluding hydrogens is 438 g/mol. The molecule has 0 aliphatic heterocycles. The maximum atomic E-state index is 12.3. The first kappa shape index (κ1) is 21.0. The molecule has 0 saturated carbocycles. The first-order valence-electron chi connectivity index (χ1n) is 9.28. The monoisotopic (exact) mass is 456 g/mol. The third kappa shape index (κ3) is 3.25. The molecular formula is C24H19Cl2O3P. The van der Waals surface area contributed by atoms with Crippen molar-refractivity contribution in [2.45, 2.75) is 0 Å². The molecule has 0 heterocycles. The van der Waals surface area contributed by atoms with Crippen LogP contribution in [0.2, 0.25) is 5.02 Å². The van der Waals surface area contributed by atoms with Crippen molar-refractivity contribution < 1.29 is 24.2 Å². The summed E-state index contributed by atoms with van der Waals surface area (Å²) in [5, 5.41) is 3.62. The fourth-order valence-corrected chi connectivity index (χ4v) is 11.1. The van der Waals surface area contributed by atoms with E-state index in [-0.39, 0.29) is 0 Å². The van der Waals surface area contributed by atoms with Gasteiger partial charge in [-0.2, -0.15) is 0 Å². The van der Waals surface area contributed by atoms with Gasteiger partial charge in [-0.05, 0) is 0 Å². The molecule has 0 saturated heterocycles. The minimum absolute atomic E-state index is 0.560. The number of benzene rings is 4. The van der Waals surface area contributed by atoms with E-state index < -0.39 is 17.6 Å². The van der Waals surface area contributed by atoms with Crippen LogP contribution in [0.5, 0.6) is 0 Å². The van der Waals surface area contributed by atoms with Gasteiger partial charge in [0.25, 0.3) is 0 Å². The summed E-state index contributed by atoms with van der Waals surface area (Å²) in [6.45, 7) is -4.15. The Labute approximate surface area is 183 Å². The Morgan fingerprint density at radius 1 is 0.533 bits per heavy atom. The zero-order valence-corrected chi connectivity index (χ0v) is 18.3. The first-order chi connectivity index (χ1) is 14.6. The van der Waals surface area contributed by atoms with Crippen molar-refractivity contribution in [3.8, 4) is 0 Å². The van der Waals surface area contributed by atoms with Crippen LogP contribution in [0, 0.1) is 10.8 Å². The second-order valence-electron chi connectivity index (χ2n) is 6.78. The number of halogens is 2. The molecule has 3 nitrogen and oxygen atoms in total. The van der Waals surface area contributed by atoms with E-state index in [1.165, 1.54) is 0 Å². The van der Waals surface area contributed by atoms with Crippen molar-refractivity contribution in [1.82, 2.24) is 0 Å². The Hall–Kier alpha value is -2.23. The van der Waals surface area contributed by atoms with Crippen LogP contribution in [-0.2, 0) is 4.08 Å². The Balaban J connectivity index is 2.29. The van der Waals surface area contributed by atoms with E-state index >= 15 is 0 Å². The molecule has 0 bridgehead atoms. The molecule has 0 spiro atoms. The van der Waals surface area contributed by atoms with Gasteiger partial charge in [0.05, 0.1) is 0 Å². The summed E-state index contributed by atoms with van der Waals surface area (Å²) in [5.74, 6) is 0. The van der Waals surface area contributed by atoms with Gasteiger partial charge in [-0.15, -0.1) is 0 Å². The third-order valence-electron chi connectivity index (χ3n) is 5.26. The molecule has 0 fully saturated rings. The van der Waals surface area contributed by atoms with Crippen molar-refractivity contribution >= 4 is 39.6 Å². The van der Waals surface area contributed by atoms with E-state index in [4.69, 9.17) is 15.7 Å². The van der Waals surface area contributed by atoms with Gasteiger partial charge in [0.15, 0.2) is 0 Å². The predicted octanol–water partition coefficient (Wildman–Crippen LogP) is 2.51. The molecule has 0 N–H and O–H groups in total. The van der Waals surface area contributed by atoms with Gasteiger partial charge in [-0.25, -0.2) is 0 Å². The Bertz CT molecular complexity index is 1010. The molecule has 0 aliphatic rings. The van der Waals surface area contributed by atoms with Crippen molar-refractivity contribution in [3.63, 3.8) is 0 Å². The van der Waals surface area contributed by atoms with Gasteiger partial charge >= 0.3 is 184 Å². The van der Waals surface area contributed by atoms with Crippen LogP contribution in [0.4, 0.5) is 0 Å². The minimum atomic E-state index is -4.15. The van der Waals surface area contributed by atoms with Crippen molar-refractivity contribution in [2.75, 3.05) is 0 Å². The molecule has 0 aliphatic carbocycles. The molecule has 0 amide bonds. The van der Waals surface area contributed by atoms with Crippen LogP contribution in [0.3, 0.4) is 0 Å². The zero-order valence-electron chi connectivity index (χ0n) is 15.9. The number of hydrogen-bond donors (Lipinski definition) is 0. The summed E-state index contributed by atoms with van der Waals surface area (Å²) >= 11 is 6.20. The fourth-order valence-electron chi connectivity index (χ4n) is 4.03. The average Bonchev–Trinajstić information content (AvgIpc) is 2.80. The van der Waals surface area contributed by atoms with Gasteiger partial charge in [0.1, 0.15) is 0 Å². The molecule has 4 rings (SSSR count). The second kappa shape index (κ2) is 8.49. The van der Waals surface area contributed by atoms with Crippen LogP contribution in [-0.4, -0.2) is 0 Å². The quantitative estimate of drug-likeness (QED) is 0.419. The molecule has 4 aromatic carbocycles. The first-order valence-corrected chi connectivity index (χ1v) is 12.7. The topological polar surface area (TPSA) is 55.3 Å². The Kier molecular flexibility index (Phi) is 5.95. The normalized spacial score (nSPS) is 13.0. The van der Waals surface area contributed by atoms with E-state index in [0.717, 1.165) is 21.2 Å². The second-order valence-corrected chi connectivity index (χ2v) is 12.3. The van der Waals surface area contributed by atoms with Crippen LogP contribution in [0.1, 0.15) is 0 Å². The molecule has 4 aromatic rings. The summed E-state index contributed by atoms with van der Waals surface area (Å²) in [7, 11) is -2.40. The van der Waals surface area contributed by atoms with Crippen LogP contribution >= 0.6 is 18.4 Å². The Morgan fingerprint density at radius 3 is 1.20 bits per heavy atom. The summed E-state index contributed by atoms with van der Waals surface area (Å²) in [4.78, 5) is 0. The number of rotatable bonds is 6. The van der Waals surface area contributed by atoms with Gasteiger partial charge in [0, 0.05) is 0 Å². The molecule has 30 heavy (non-hydrogen) atoms. The summed E-state index contributed by atoms with van der Waals surface area (Å²) in [5.41, 5.74) is 0. The molecule has 152 valence electrons.